The molecule has 3 aliphatic heterocycles. The summed E-state index contributed by atoms with van der Waals surface area (Å²) in [5.41, 5.74) is 8.97. The maximum absolute atomic E-state index is 12.7. The minimum absolute atomic E-state index is 0.0711. The number of carboxylic acid groups (broad SMARTS) is 1. The lowest BCUT2D eigenvalue weighted by atomic mass is 10.0. The fourth-order valence-electron chi connectivity index (χ4n) is 11.6. The first-order valence-corrected chi connectivity index (χ1v) is 32.6. The number of amides is 2. The second kappa shape index (κ2) is 37.2. The summed E-state index contributed by atoms with van der Waals surface area (Å²) in [6.45, 7) is 5.25. The summed E-state index contributed by atoms with van der Waals surface area (Å²) in [5.74, 6) is 0.663. The zero-order valence-corrected chi connectivity index (χ0v) is 56.8. The van der Waals surface area contributed by atoms with Crippen LogP contribution < -0.4 is 45.3 Å². The molecule has 106 heavy (non-hydrogen) atoms. The number of nitrogens with two attached hydrogens (primary N) is 1. The summed E-state index contributed by atoms with van der Waals surface area (Å²) >= 11 is 0. The third kappa shape index (κ3) is 24.8. The molecule has 3 saturated heterocycles. The van der Waals surface area contributed by atoms with Gasteiger partial charge in [0.2, 0.25) is 0 Å². The van der Waals surface area contributed by atoms with Crippen LogP contribution in [-0.4, -0.2) is 164 Å². The fourth-order valence-corrected chi connectivity index (χ4v) is 11.6. The number of nitrogen functional groups attached to an aromatic ring is 1. The molecule has 3 aromatic carbocycles. The van der Waals surface area contributed by atoms with Crippen LogP contribution in [0.15, 0.2) is 164 Å². The molecule has 2 amide bonds. The number of methoxy groups -OCH3 is 3. The monoisotopic (exact) mass is 1480 g/mol. The normalized spacial score (nSPS) is 16.5. The smallest absolute Gasteiger partial charge is 0.479 e. The molecule has 28 nitrogen and oxygen atoms in total. The maximum atomic E-state index is 12.7. The van der Waals surface area contributed by atoms with E-state index in [1.165, 1.54) is 50.6 Å². The molecule has 0 aliphatic carbocycles. The van der Waals surface area contributed by atoms with Crippen molar-refractivity contribution in [2.75, 3.05) is 91.7 Å². The van der Waals surface area contributed by atoms with Crippen LogP contribution in [0.5, 0.6) is 17.2 Å². The predicted octanol–water partition coefficient (Wildman–Crippen LogP) is 10.4. The van der Waals surface area contributed by atoms with Crippen molar-refractivity contribution < 1.29 is 87.4 Å². The van der Waals surface area contributed by atoms with Gasteiger partial charge in [-0.2, -0.15) is 30.6 Å². The van der Waals surface area contributed by atoms with Crippen LogP contribution >= 0.6 is 0 Å². The zero-order chi connectivity index (χ0) is 75.8. The van der Waals surface area contributed by atoms with Gasteiger partial charge in [-0.15, -0.1) is 70.1 Å². The lowest BCUT2D eigenvalue weighted by Crippen LogP contribution is -2.24. The van der Waals surface area contributed by atoms with E-state index in [1.807, 2.05) is 42.5 Å². The number of aliphatic carboxylic acids is 1. The molecule has 6 aromatic heterocycles. The largest absolute Gasteiger partial charge is 0.573 e. The molecule has 0 radical (unpaired) electrons. The topological polar surface area (TPSA) is 341 Å². The number of hydrogen-bond acceptors (Lipinski definition) is 25. The minimum atomic E-state index is -4.84. The lowest BCUT2D eigenvalue weighted by Gasteiger charge is -2.18. The average Bonchev–Trinajstić information content (AvgIpc) is 1.25. The highest BCUT2D eigenvalue weighted by molar-refractivity contribution is 5.95. The third-order valence-electron chi connectivity index (χ3n) is 16.3. The molecule has 12 rings (SSSR count). The van der Waals surface area contributed by atoms with Gasteiger partial charge in [-0.05, 0) is 182 Å². The Morgan fingerprint density at radius 1 is 0.443 bits per heavy atom. The number of nitrogens with one attached hydrogen (secondary N) is 2. The van der Waals surface area contributed by atoms with Crippen molar-refractivity contribution in [1.82, 2.24) is 61.2 Å². The number of carboxylic acids is 1. The highest BCUT2D eigenvalue weighted by atomic mass is 19.4. The summed E-state index contributed by atoms with van der Waals surface area (Å²) in [6.07, 6.45) is -7.42. The average molecular weight is 1480 g/mol. The van der Waals surface area contributed by atoms with Crippen molar-refractivity contribution in [3.8, 4) is 17.2 Å². The number of carbonyl (C=O) groups is 3. The molecule has 0 spiro atoms. The predicted molar refractivity (Wildman–Crippen MR) is 362 cm³/mol. The molecule has 0 saturated carbocycles. The number of halogens is 9. The molecule has 6 atom stereocenters. The standard InChI is InChI=1S/2C23H23F3N6O3.C13H16N6.C10H9F3O4/c2*1-34-21(16-4-2-6-18(13-16)35-23(24,25)26)22(33)28-19-7-8-20(31-30-19)32-11-9-15(14-32)12-17-5-3-10-27-29-17;14-12-3-4-13(18-17-12)19-7-5-10(9-19)8-11-2-1-6-15-16-11;1-16-8(9(14)15)6-3-2-4-7(5-6)17-10(11,12)13/h2*2-8,10,13,15,21H,9,11-12,14H2,1H3,(H,28,30,33);1-4,6,10H,5,7-9H2,(H2,14,17);2-5,8H,1H3,(H,14,15)/t15-,21+;15-,21-;10-;/m000./s1. The van der Waals surface area contributed by atoms with Crippen LogP contribution in [0, 0.1) is 17.8 Å². The van der Waals surface area contributed by atoms with Gasteiger partial charge in [-0.1, -0.05) is 36.4 Å². The summed E-state index contributed by atoms with van der Waals surface area (Å²) < 4.78 is 137. The van der Waals surface area contributed by atoms with Crippen molar-refractivity contribution in [1.29, 1.82) is 0 Å². The summed E-state index contributed by atoms with van der Waals surface area (Å²) in [7, 11) is 3.71. The number of anilines is 6. The van der Waals surface area contributed by atoms with Crippen molar-refractivity contribution in [2.24, 2.45) is 17.8 Å². The van der Waals surface area contributed by atoms with Gasteiger partial charge < -0.3 is 64.6 Å². The number of aromatic nitrogens is 12. The lowest BCUT2D eigenvalue weighted by molar-refractivity contribution is -0.275. The van der Waals surface area contributed by atoms with Gasteiger partial charge in [0.25, 0.3) is 11.8 Å². The summed E-state index contributed by atoms with van der Waals surface area (Å²) in [6, 6.07) is 36.8. The van der Waals surface area contributed by atoms with Crippen molar-refractivity contribution in [3.05, 3.63) is 198 Å². The Bertz CT molecular complexity index is 4060. The first-order chi connectivity index (χ1) is 50.7. The Morgan fingerprint density at radius 2 is 0.774 bits per heavy atom. The van der Waals surface area contributed by atoms with E-state index in [0.29, 0.717) is 35.2 Å². The number of alkyl halides is 9. The first-order valence-electron chi connectivity index (χ1n) is 32.6. The first kappa shape index (κ1) is 78.5. The highest BCUT2D eigenvalue weighted by Crippen LogP contribution is 2.33. The van der Waals surface area contributed by atoms with E-state index in [9.17, 15) is 53.9 Å². The van der Waals surface area contributed by atoms with Gasteiger partial charge in [0.05, 0.1) is 17.1 Å². The molecule has 9 heterocycles. The second-order valence-corrected chi connectivity index (χ2v) is 24.0. The van der Waals surface area contributed by atoms with Crippen LogP contribution in [0.4, 0.5) is 74.4 Å². The van der Waals surface area contributed by atoms with Gasteiger partial charge in [0.15, 0.2) is 47.4 Å². The van der Waals surface area contributed by atoms with Gasteiger partial charge in [-0.3, -0.25) is 9.59 Å². The molecule has 3 fully saturated rings. The third-order valence-corrected chi connectivity index (χ3v) is 16.3. The number of benzene rings is 3. The fraction of sp³-hybridized carbons (Fsp3) is 0.348. The van der Waals surface area contributed by atoms with E-state index in [2.05, 4.69) is 105 Å². The molecule has 1 unspecified atom stereocenters. The van der Waals surface area contributed by atoms with E-state index in [-0.39, 0.29) is 28.3 Å². The Kier molecular flexibility index (Phi) is 27.6. The molecule has 560 valence electrons. The Morgan fingerprint density at radius 3 is 1.05 bits per heavy atom. The molecule has 0 bridgehead atoms. The van der Waals surface area contributed by atoms with E-state index in [4.69, 9.17) is 20.3 Å². The molecule has 5 N–H and O–H groups in total. The van der Waals surface area contributed by atoms with Gasteiger partial charge in [0.1, 0.15) is 23.1 Å². The van der Waals surface area contributed by atoms with Gasteiger partial charge in [0, 0.05) is 79.2 Å². The Balaban J connectivity index is 0.000000171. The number of hydrogen-bond donors (Lipinski definition) is 4. The molecule has 9 aromatic rings. The number of carbonyl (C=O) groups excluding carboxylic acids is 2. The molecular formula is C69H71F9N18O10. The Hall–Kier alpha value is -11.6. The zero-order valence-electron chi connectivity index (χ0n) is 56.8. The van der Waals surface area contributed by atoms with Crippen molar-refractivity contribution in [3.63, 3.8) is 0 Å². The SMILES string of the molecule is COC(C(=O)O)c1cccc(OC(F)(F)F)c1.CO[C@@H](C(=O)Nc1ccc(N2CC[C@@H](Cc3cccnn3)C2)nn1)c1cccc(OC(F)(F)F)c1.CO[C@H](C(=O)Nc1ccc(N2CC[C@@H](Cc3cccnn3)C2)nn1)c1cccc(OC(F)(F)F)c1.Nc1ccc(N2CC[C@@H](Cc3cccnn3)C2)nn1. The highest BCUT2D eigenvalue weighted by Gasteiger charge is 2.35. The van der Waals surface area contributed by atoms with Crippen LogP contribution in [0.2, 0.25) is 0 Å². The maximum Gasteiger partial charge on any atom is 0.573 e. The van der Waals surface area contributed by atoms with E-state index < -0.39 is 72.4 Å². The number of ether oxygens (including phenoxy) is 6. The molecular weight excluding hydrogens is 1410 g/mol. The summed E-state index contributed by atoms with van der Waals surface area (Å²) in [4.78, 5) is 42.6. The van der Waals surface area contributed by atoms with Gasteiger partial charge in [-0.25, -0.2) is 4.79 Å². The number of rotatable bonds is 23. The number of nitrogens with zero attached hydrogens (tertiary/aromatic N) is 15. The van der Waals surface area contributed by atoms with Crippen molar-refractivity contribution in [2.45, 2.75) is 75.9 Å². The minimum Gasteiger partial charge on any atom is -0.479 e. The van der Waals surface area contributed by atoms with Crippen LogP contribution in [0.3, 0.4) is 0 Å². The quantitative estimate of drug-likeness (QED) is 0.0432. The van der Waals surface area contributed by atoms with E-state index in [1.54, 1.807) is 48.9 Å². The molecule has 3 aliphatic rings. The summed E-state index contributed by atoms with van der Waals surface area (Å²) in [5, 5.41) is 62.7. The van der Waals surface area contributed by atoms with Gasteiger partial charge >= 0.3 is 25.1 Å². The second-order valence-electron chi connectivity index (χ2n) is 24.0. The van der Waals surface area contributed by atoms with E-state index in [0.717, 1.165) is 144 Å². The van der Waals surface area contributed by atoms with E-state index >= 15 is 0 Å². The Labute approximate surface area is 599 Å². The van der Waals surface area contributed by atoms with Crippen LogP contribution in [0.25, 0.3) is 0 Å². The van der Waals surface area contributed by atoms with Crippen LogP contribution in [-0.2, 0) is 47.9 Å². The van der Waals surface area contributed by atoms with Crippen molar-refractivity contribution >= 4 is 52.7 Å². The molecule has 37 heteroatoms. The van der Waals surface area contributed by atoms with Crippen LogP contribution in [0.1, 0.15) is 71.3 Å².